The van der Waals surface area contributed by atoms with Gasteiger partial charge in [-0.2, -0.15) is 5.10 Å². The third-order valence-corrected chi connectivity index (χ3v) is 4.34. The largest absolute Gasteiger partial charge is 0.393 e. The Morgan fingerprint density at radius 1 is 1.38 bits per heavy atom. The zero-order valence-corrected chi connectivity index (χ0v) is 14.0. The molecule has 0 unspecified atom stereocenters. The highest BCUT2D eigenvalue weighted by molar-refractivity contribution is 6.04. The Morgan fingerprint density at radius 3 is 2.88 bits per heavy atom. The summed E-state index contributed by atoms with van der Waals surface area (Å²) in [5.41, 5.74) is 3.14. The molecule has 1 amide bonds. The minimum absolute atomic E-state index is 0.210. The molecule has 3 rings (SSSR count). The highest BCUT2D eigenvalue weighted by atomic mass is 16.3. The number of rotatable bonds is 5. The van der Waals surface area contributed by atoms with E-state index in [0.717, 1.165) is 55.8 Å². The molecule has 0 aliphatic carbocycles. The fourth-order valence-electron chi connectivity index (χ4n) is 3.02. The molecule has 1 aromatic heterocycles. The number of hydrogen-bond donors (Lipinski definition) is 3. The molecule has 0 atom stereocenters. The van der Waals surface area contributed by atoms with E-state index in [1.165, 1.54) is 0 Å². The minimum Gasteiger partial charge on any atom is -0.393 e. The smallest absolute Gasteiger partial charge is 0.276 e. The number of anilines is 2. The van der Waals surface area contributed by atoms with Gasteiger partial charge in [0.05, 0.1) is 17.5 Å². The second-order valence-electron chi connectivity index (χ2n) is 6.22. The highest BCUT2D eigenvalue weighted by Gasteiger charge is 2.20. The summed E-state index contributed by atoms with van der Waals surface area (Å²) < 4.78 is 0. The molecule has 1 aliphatic rings. The number of aliphatic hydroxyl groups is 1. The first kappa shape index (κ1) is 16.5. The number of H-pyrrole nitrogens is 1. The monoisotopic (exact) mass is 328 g/mol. The van der Waals surface area contributed by atoms with Gasteiger partial charge in [-0.15, -0.1) is 0 Å². The summed E-state index contributed by atoms with van der Waals surface area (Å²) in [5, 5.41) is 19.6. The zero-order chi connectivity index (χ0) is 16.9. The molecule has 6 nitrogen and oxygen atoms in total. The Kier molecular flexibility index (Phi) is 5.15. The summed E-state index contributed by atoms with van der Waals surface area (Å²) in [5.74, 6) is -0.210. The highest BCUT2D eigenvalue weighted by Crippen LogP contribution is 2.28. The van der Waals surface area contributed by atoms with Crippen molar-refractivity contribution in [1.82, 2.24) is 10.2 Å². The van der Waals surface area contributed by atoms with E-state index < -0.39 is 0 Å². The molecule has 0 bridgehead atoms. The van der Waals surface area contributed by atoms with Crippen LogP contribution in [0.25, 0.3) is 0 Å². The van der Waals surface area contributed by atoms with Crippen molar-refractivity contribution in [1.29, 1.82) is 0 Å². The van der Waals surface area contributed by atoms with Gasteiger partial charge in [-0.05, 0) is 37.5 Å². The van der Waals surface area contributed by atoms with Crippen molar-refractivity contribution in [3.05, 3.63) is 41.7 Å². The quantitative estimate of drug-likeness (QED) is 0.788. The molecule has 3 N–H and O–H groups in total. The van der Waals surface area contributed by atoms with Gasteiger partial charge in [-0.3, -0.25) is 9.89 Å². The molecule has 24 heavy (non-hydrogen) atoms. The fourth-order valence-corrected chi connectivity index (χ4v) is 3.02. The molecule has 2 heterocycles. The number of nitrogens with zero attached hydrogens (tertiary/aromatic N) is 2. The Morgan fingerprint density at radius 2 is 2.12 bits per heavy atom. The molecule has 1 aliphatic heterocycles. The van der Waals surface area contributed by atoms with Crippen molar-refractivity contribution >= 4 is 17.3 Å². The van der Waals surface area contributed by atoms with Crippen molar-refractivity contribution < 1.29 is 9.90 Å². The van der Waals surface area contributed by atoms with Crippen LogP contribution in [0, 0.1) is 0 Å². The van der Waals surface area contributed by atoms with Crippen LogP contribution in [0.3, 0.4) is 0 Å². The number of aromatic amines is 1. The van der Waals surface area contributed by atoms with Gasteiger partial charge < -0.3 is 15.3 Å². The van der Waals surface area contributed by atoms with Crippen molar-refractivity contribution in [2.75, 3.05) is 23.3 Å². The van der Waals surface area contributed by atoms with Gasteiger partial charge in [-0.25, -0.2) is 0 Å². The number of carbonyl (C=O) groups is 1. The standard InChI is InChI=1S/C18H24N4O2/c1-2-5-13-12-16(21-20-13)18(24)19-15-6-3-4-7-17(15)22-10-8-14(23)9-11-22/h3-4,6-7,12,14,23H,2,5,8-11H2,1H3,(H,19,24)(H,20,21). The molecule has 0 spiro atoms. The number of aryl methyl sites for hydroxylation is 1. The predicted molar refractivity (Wildman–Crippen MR) is 94.4 cm³/mol. The van der Waals surface area contributed by atoms with E-state index in [2.05, 4.69) is 27.3 Å². The average Bonchev–Trinajstić information content (AvgIpc) is 3.05. The van der Waals surface area contributed by atoms with Crippen LogP contribution in [0.4, 0.5) is 11.4 Å². The summed E-state index contributed by atoms with van der Waals surface area (Å²) in [7, 11) is 0. The molecule has 0 radical (unpaired) electrons. The van der Waals surface area contributed by atoms with Gasteiger partial charge in [0.25, 0.3) is 5.91 Å². The van der Waals surface area contributed by atoms with Crippen molar-refractivity contribution in [3.8, 4) is 0 Å². The number of aromatic nitrogens is 2. The Hall–Kier alpha value is -2.34. The number of carbonyl (C=O) groups excluding carboxylic acids is 1. The van der Waals surface area contributed by atoms with E-state index in [4.69, 9.17) is 0 Å². The van der Waals surface area contributed by atoms with Crippen LogP contribution >= 0.6 is 0 Å². The van der Waals surface area contributed by atoms with Crippen molar-refractivity contribution in [2.45, 2.75) is 38.7 Å². The van der Waals surface area contributed by atoms with E-state index in [1.54, 1.807) is 6.07 Å². The number of aliphatic hydroxyl groups excluding tert-OH is 1. The van der Waals surface area contributed by atoms with Gasteiger partial charge in [0.1, 0.15) is 0 Å². The molecule has 1 fully saturated rings. The first-order valence-corrected chi connectivity index (χ1v) is 8.55. The summed E-state index contributed by atoms with van der Waals surface area (Å²) in [6.07, 6.45) is 3.17. The first-order chi connectivity index (χ1) is 11.7. The third-order valence-electron chi connectivity index (χ3n) is 4.34. The number of hydrogen-bond acceptors (Lipinski definition) is 4. The Bertz CT molecular complexity index is 690. The maximum Gasteiger partial charge on any atom is 0.276 e. The lowest BCUT2D eigenvalue weighted by Gasteiger charge is -2.32. The second-order valence-corrected chi connectivity index (χ2v) is 6.22. The lowest BCUT2D eigenvalue weighted by molar-refractivity contribution is 0.102. The number of benzene rings is 1. The minimum atomic E-state index is -0.218. The number of piperidine rings is 1. The van der Waals surface area contributed by atoms with E-state index in [0.29, 0.717) is 5.69 Å². The summed E-state index contributed by atoms with van der Waals surface area (Å²) in [6.45, 7) is 3.67. The van der Waals surface area contributed by atoms with E-state index in [1.807, 2.05) is 24.3 Å². The van der Waals surface area contributed by atoms with E-state index in [9.17, 15) is 9.90 Å². The molecule has 128 valence electrons. The van der Waals surface area contributed by atoms with Gasteiger partial charge >= 0.3 is 0 Å². The number of para-hydroxylation sites is 2. The summed E-state index contributed by atoms with van der Waals surface area (Å²) in [4.78, 5) is 14.7. The van der Waals surface area contributed by atoms with Crippen LogP contribution in [-0.4, -0.2) is 40.4 Å². The molecule has 1 aromatic carbocycles. The van der Waals surface area contributed by atoms with Crippen LogP contribution in [0.2, 0.25) is 0 Å². The van der Waals surface area contributed by atoms with Crippen LogP contribution < -0.4 is 10.2 Å². The molecule has 1 saturated heterocycles. The lowest BCUT2D eigenvalue weighted by atomic mass is 10.1. The van der Waals surface area contributed by atoms with Crippen molar-refractivity contribution in [2.24, 2.45) is 0 Å². The summed E-state index contributed by atoms with van der Waals surface area (Å²) in [6, 6.07) is 9.58. The number of amides is 1. The first-order valence-electron chi connectivity index (χ1n) is 8.55. The van der Waals surface area contributed by atoms with Crippen LogP contribution in [0.5, 0.6) is 0 Å². The molecular formula is C18H24N4O2. The van der Waals surface area contributed by atoms with Crippen LogP contribution in [0.15, 0.2) is 30.3 Å². The van der Waals surface area contributed by atoms with Gasteiger partial charge in [0.2, 0.25) is 0 Å². The molecule has 2 aromatic rings. The molecule has 0 saturated carbocycles. The fraction of sp³-hybridized carbons (Fsp3) is 0.444. The van der Waals surface area contributed by atoms with Gasteiger partial charge in [0.15, 0.2) is 5.69 Å². The Labute approximate surface area is 141 Å². The third kappa shape index (κ3) is 3.76. The van der Waals surface area contributed by atoms with Gasteiger partial charge in [-0.1, -0.05) is 25.5 Å². The lowest BCUT2D eigenvalue weighted by Crippen LogP contribution is -2.36. The second kappa shape index (κ2) is 7.49. The normalized spacial score (nSPS) is 15.5. The summed E-state index contributed by atoms with van der Waals surface area (Å²) >= 11 is 0. The molecular weight excluding hydrogens is 304 g/mol. The topological polar surface area (TPSA) is 81.2 Å². The Balaban J connectivity index is 1.73. The number of nitrogens with one attached hydrogen (secondary N) is 2. The average molecular weight is 328 g/mol. The predicted octanol–water partition coefficient (Wildman–Crippen LogP) is 2.58. The maximum atomic E-state index is 12.5. The maximum absolute atomic E-state index is 12.5. The van der Waals surface area contributed by atoms with E-state index >= 15 is 0 Å². The van der Waals surface area contributed by atoms with Crippen LogP contribution in [-0.2, 0) is 6.42 Å². The van der Waals surface area contributed by atoms with Gasteiger partial charge in [0, 0.05) is 18.8 Å². The van der Waals surface area contributed by atoms with Crippen molar-refractivity contribution in [3.63, 3.8) is 0 Å². The zero-order valence-electron chi connectivity index (χ0n) is 14.0. The van der Waals surface area contributed by atoms with Crippen LogP contribution in [0.1, 0.15) is 42.4 Å². The SMILES string of the molecule is CCCc1cc(C(=O)Nc2ccccc2N2CCC(O)CC2)n[nH]1. The molecule has 6 heteroatoms. The van der Waals surface area contributed by atoms with E-state index in [-0.39, 0.29) is 12.0 Å².